The first-order valence-electron chi connectivity index (χ1n) is 5.76. The number of benzene rings is 1. The monoisotopic (exact) mass is 297 g/mol. The first-order chi connectivity index (χ1) is 7.99. The second-order valence-corrected chi connectivity index (χ2v) is 5.62. The van der Waals surface area contributed by atoms with E-state index in [2.05, 4.69) is 15.9 Å². The summed E-state index contributed by atoms with van der Waals surface area (Å²) in [5.74, 6) is 0.0352. The third kappa shape index (κ3) is 2.87. The van der Waals surface area contributed by atoms with E-state index in [1.165, 1.54) is 0 Å². The normalized spacial score (nSPS) is 19.1. The molecule has 1 fully saturated rings. The molecule has 17 heavy (non-hydrogen) atoms. The lowest BCUT2D eigenvalue weighted by atomic mass is 9.93. The minimum atomic E-state index is -0.620. The lowest BCUT2D eigenvalue weighted by Gasteiger charge is -2.35. The van der Waals surface area contributed by atoms with Crippen LogP contribution in [0.2, 0.25) is 0 Å². The van der Waals surface area contributed by atoms with Gasteiger partial charge in [-0.2, -0.15) is 0 Å². The van der Waals surface area contributed by atoms with Gasteiger partial charge in [-0.3, -0.25) is 4.79 Å². The number of nitrogens with zero attached hydrogens (tertiary/aromatic N) is 1. The summed E-state index contributed by atoms with van der Waals surface area (Å²) in [4.78, 5) is 14.0. The minimum Gasteiger partial charge on any atom is -0.390 e. The van der Waals surface area contributed by atoms with Crippen LogP contribution in [-0.2, 0) is 0 Å². The number of hydrogen-bond acceptors (Lipinski definition) is 2. The number of hydrogen-bond donors (Lipinski definition) is 1. The molecule has 1 aliphatic rings. The summed E-state index contributed by atoms with van der Waals surface area (Å²) >= 11 is 3.39. The fourth-order valence-electron chi connectivity index (χ4n) is 2.00. The molecule has 1 heterocycles. The maximum absolute atomic E-state index is 12.2. The van der Waals surface area contributed by atoms with Gasteiger partial charge < -0.3 is 10.0 Å². The Hall–Kier alpha value is -0.870. The number of halogens is 1. The zero-order chi connectivity index (χ0) is 12.5. The van der Waals surface area contributed by atoms with Gasteiger partial charge in [0.2, 0.25) is 0 Å². The van der Waals surface area contributed by atoms with Crippen LogP contribution < -0.4 is 0 Å². The van der Waals surface area contributed by atoms with Crippen molar-refractivity contribution >= 4 is 21.8 Å². The zero-order valence-corrected chi connectivity index (χ0v) is 11.4. The predicted octanol–water partition coefficient (Wildman–Crippen LogP) is 2.44. The smallest absolute Gasteiger partial charge is 0.255 e. The van der Waals surface area contributed by atoms with Crippen LogP contribution in [0.25, 0.3) is 0 Å². The number of carbonyl (C=O) groups excluding carboxylic acids is 1. The largest absolute Gasteiger partial charge is 0.390 e. The van der Waals surface area contributed by atoms with E-state index in [1.807, 2.05) is 31.2 Å². The molecule has 0 unspecified atom stereocenters. The molecular formula is C13H16BrNO2. The maximum Gasteiger partial charge on any atom is 0.255 e. The van der Waals surface area contributed by atoms with Gasteiger partial charge in [0.05, 0.1) is 11.2 Å². The second kappa shape index (κ2) is 4.78. The number of piperidine rings is 1. The lowest BCUT2D eigenvalue weighted by molar-refractivity contribution is -0.00204. The van der Waals surface area contributed by atoms with Crippen molar-refractivity contribution in [2.24, 2.45) is 0 Å². The maximum atomic E-state index is 12.2. The molecule has 3 nitrogen and oxygen atoms in total. The Morgan fingerprint density at radius 1 is 1.35 bits per heavy atom. The van der Waals surface area contributed by atoms with E-state index in [0.717, 1.165) is 4.47 Å². The number of carbonyl (C=O) groups is 1. The van der Waals surface area contributed by atoms with E-state index in [1.54, 1.807) is 4.90 Å². The first-order valence-corrected chi connectivity index (χ1v) is 6.55. The van der Waals surface area contributed by atoms with E-state index < -0.39 is 5.60 Å². The fraction of sp³-hybridized carbons (Fsp3) is 0.462. The summed E-state index contributed by atoms with van der Waals surface area (Å²) in [5, 5.41) is 9.85. The van der Waals surface area contributed by atoms with Crippen molar-refractivity contribution in [1.29, 1.82) is 0 Å². The van der Waals surface area contributed by atoms with Gasteiger partial charge in [-0.15, -0.1) is 0 Å². The lowest BCUT2D eigenvalue weighted by Crippen LogP contribution is -2.45. The second-order valence-electron chi connectivity index (χ2n) is 4.77. The summed E-state index contributed by atoms with van der Waals surface area (Å²) in [6.07, 6.45) is 1.28. The van der Waals surface area contributed by atoms with Crippen molar-refractivity contribution in [3.05, 3.63) is 34.3 Å². The van der Waals surface area contributed by atoms with Crippen molar-refractivity contribution in [1.82, 2.24) is 4.90 Å². The highest BCUT2D eigenvalue weighted by molar-refractivity contribution is 9.10. The van der Waals surface area contributed by atoms with E-state index in [9.17, 15) is 9.90 Å². The van der Waals surface area contributed by atoms with Gasteiger partial charge >= 0.3 is 0 Å². The molecule has 0 radical (unpaired) electrons. The highest BCUT2D eigenvalue weighted by atomic mass is 79.9. The summed E-state index contributed by atoms with van der Waals surface area (Å²) in [5.41, 5.74) is 0.0686. The SMILES string of the molecule is CC1(O)CCN(C(=O)c2ccccc2Br)CC1. The van der Waals surface area contributed by atoms with E-state index in [4.69, 9.17) is 0 Å². The molecule has 0 aromatic heterocycles. The van der Waals surface area contributed by atoms with Crippen LogP contribution >= 0.6 is 15.9 Å². The predicted molar refractivity (Wildman–Crippen MR) is 69.9 cm³/mol. The van der Waals surface area contributed by atoms with Gasteiger partial charge in [-0.1, -0.05) is 12.1 Å². The molecule has 2 rings (SSSR count). The van der Waals surface area contributed by atoms with Crippen LogP contribution in [0.5, 0.6) is 0 Å². The molecule has 4 heteroatoms. The van der Waals surface area contributed by atoms with Crippen LogP contribution in [0.3, 0.4) is 0 Å². The third-order valence-corrected chi connectivity index (χ3v) is 3.92. The van der Waals surface area contributed by atoms with Crippen molar-refractivity contribution in [3.63, 3.8) is 0 Å². The summed E-state index contributed by atoms with van der Waals surface area (Å²) in [6, 6.07) is 7.44. The van der Waals surface area contributed by atoms with Crippen LogP contribution in [0, 0.1) is 0 Å². The molecular weight excluding hydrogens is 282 g/mol. The Labute approximate surface area is 110 Å². The highest BCUT2D eigenvalue weighted by Crippen LogP contribution is 2.24. The molecule has 0 spiro atoms. The van der Waals surface area contributed by atoms with Crippen LogP contribution in [-0.4, -0.2) is 34.6 Å². The Bertz CT molecular complexity index is 421. The molecule has 0 atom stereocenters. The summed E-state index contributed by atoms with van der Waals surface area (Å²) in [7, 11) is 0. The standard InChI is InChI=1S/C13H16BrNO2/c1-13(17)6-8-15(9-7-13)12(16)10-4-2-3-5-11(10)14/h2-5,17H,6-9H2,1H3. The van der Waals surface area contributed by atoms with Gasteiger partial charge in [0.15, 0.2) is 0 Å². The molecule has 92 valence electrons. The van der Waals surface area contributed by atoms with Gasteiger partial charge in [0, 0.05) is 17.6 Å². The van der Waals surface area contributed by atoms with E-state index in [-0.39, 0.29) is 5.91 Å². The number of rotatable bonds is 1. The molecule has 1 aromatic carbocycles. The quantitative estimate of drug-likeness (QED) is 0.865. The van der Waals surface area contributed by atoms with Crippen molar-refractivity contribution in [3.8, 4) is 0 Å². The number of likely N-dealkylation sites (tertiary alicyclic amines) is 1. The van der Waals surface area contributed by atoms with Crippen LogP contribution in [0.4, 0.5) is 0 Å². The fourth-order valence-corrected chi connectivity index (χ4v) is 2.45. The minimum absolute atomic E-state index is 0.0352. The summed E-state index contributed by atoms with van der Waals surface area (Å²) in [6.45, 7) is 3.06. The molecule has 1 saturated heterocycles. The van der Waals surface area contributed by atoms with Gasteiger partial charge in [-0.25, -0.2) is 0 Å². The first kappa shape index (κ1) is 12.6. The van der Waals surface area contributed by atoms with Gasteiger partial charge in [0.1, 0.15) is 0 Å². The molecule has 0 saturated carbocycles. The third-order valence-electron chi connectivity index (χ3n) is 3.23. The molecule has 1 N–H and O–H groups in total. The summed E-state index contributed by atoms with van der Waals surface area (Å²) < 4.78 is 0.822. The zero-order valence-electron chi connectivity index (χ0n) is 9.82. The Morgan fingerprint density at radius 2 is 1.94 bits per heavy atom. The van der Waals surface area contributed by atoms with Crippen LogP contribution in [0.1, 0.15) is 30.1 Å². The molecule has 1 aliphatic heterocycles. The van der Waals surface area contributed by atoms with Crippen molar-refractivity contribution < 1.29 is 9.90 Å². The molecule has 1 aromatic rings. The molecule has 1 amide bonds. The average molecular weight is 298 g/mol. The van der Waals surface area contributed by atoms with Gasteiger partial charge in [0.25, 0.3) is 5.91 Å². The van der Waals surface area contributed by atoms with Gasteiger partial charge in [-0.05, 0) is 47.8 Å². The Morgan fingerprint density at radius 3 is 2.53 bits per heavy atom. The Balaban J connectivity index is 2.10. The average Bonchev–Trinajstić information content (AvgIpc) is 2.29. The van der Waals surface area contributed by atoms with Crippen molar-refractivity contribution in [2.45, 2.75) is 25.4 Å². The van der Waals surface area contributed by atoms with Crippen LogP contribution in [0.15, 0.2) is 28.7 Å². The highest BCUT2D eigenvalue weighted by Gasteiger charge is 2.30. The molecule has 0 aliphatic carbocycles. The molecule has 0 bridgehead atoms. The number of aliphatic hydroxyl groups is 1. The van der Waals surface area contributed by atoms with E-state index in [0.29, 0.717) is 31.5 Å². The Kier molecular flexibility index (Phi) is 3.54. The number of amides is 1. The van der Waals surface area contributed by atoms with E-state index >= 15 is 0 Å². The van der Waals surface area contributed by atoms with Crippen molar-refractivity contribution in [2.75, 3.05) is 13.1 Å². The topological polar surface area (TPSA) is 40.5 Å².